The lowest BCUT2D eigenvalue weighted by molar-refractivity contribution is 0.0701. The van der Waals surface area contributed by atoms with Gasteiger partial charge in [0.25, 0.3) is 11.5 Å². The molecule has 3 rings (SSSR count). The van der Waals surface area contributed by atoms with E-state index in [2.05, 4.69) is 15.1 Å². The van der Waals surface area contributed by atoms with Crippen molar-refractivity contribution in [3.05, 3.63) is 46.0 Å². The van der Waals surface area contributed by atoms with Crippen LogP contribution in [0.2, 0.25) is 0 Å². The molecular weight excluding hydrogens is 284 g/mol. The smallest absolute Gasteiger partial charge is 0.260 e. The summed E-state index contributed by atoms with van der Waals surface area (Å²) in [5, 5.41) is 4.00. The maximum absolute atomic E-state index is 12.5. The van der Waals surface area contributed by atoms with E-state index in [1.165, 1.54) is 6.20 Å². The molecule has 1 saturated heterocycles. The molecule has 2 aromatic heterocycles. The number of aryl methyl sites for hydroxylation is 1. The second-order valence-corrected chi connectivity index (χ2v) is 5.40. The van der Waals surface area contributed by atoms with Crippen LogP contribution in [0.25, 0.3) is 0 Å². The fourth-order valence-electron chi connectivity index (χ4n) is 2.71. The van der Waals surface area contributed by atoms with Gasteiger partial charge in [-0.1, -0.05) is 12.1 Å². The standard InChI is InChI=1S/C15H18N4O3/c1-2-12-17-13(18-22-12)10-5-4-8-19(9-10)15(21)11-6-3-7-16-14(11)20/h3,6-7,10H,2,4-5,8-9H2,1H3,(H,16,20)/t10-/m0/s1. The van der Waals surface area contributed by atoms with Gasteiger partial charge in [-0.15, -0.1) is 0 Å². The predicted octanol–water partition coefficient (Wildman–Crippen LogP) is 1.34. The summed E-state index contributed by atoms with van der Waals surface area (Å²) in [4.78, 5) is 32.8. The predicted molar refractivity (Wildman–Crippen MR) is 78.6 cm³/mol. The average Bonchev–Trinajstić information content (AvgIpc) is 3.04. The van der Waals surface area contributed by atoms with Gasteiger partial charge in [0.05, 0.1) is 0 Å². The first-order valence-electron chi connectivity index (χ1n) is 7.48. The molecule has 7 heteroatoms. The molecule has 0 bridgehead atoms. The van der Waals surface area contributed by atoms with Crippen molar-refractivity contribution in [3.8, 4) is 0 Å². The van der Waals surface area contributed by atoms with E-state index < -0.39 is 0 Å². The summed E-state index contributed by atoms with van der Waals surface area (Å²) in [6.45, 7) is 3.10. The third-order valence-electron chi connectivity index (χ3n) is 3.91. The summed E-state index contributed by atoms with van der Waals surface area (Å²) >= 11 is 0. The number of hydrogen-bond acceptors (Lipinski definition) is 5. The number of piperidine rings is 1. The van der Waals surface area contributed by atoms with E-state index in [-0.39, 0.29) is 22.9 Å². The van der Waals surface area contributed by atoms with Crippen molar-refractivity contribution in [3.63, 3.8) is 0 Å². The third kappa shape index (κ3) is 2.79. The van der Waals surface area contributed by atoms with E-state index in [0.717, 1.165) is 12.8 Å². The number of nitrogens with zero attached hydrogens (tertiary/aromatic N) is 3. The molecule has 1 aliphatic heterocycles. The van der Waals surface area contributed by atoms with Gasteiger partial charge >= 0.3 is 0 Å². The zero-order chi connectivity index (χ0) is 15.5. The Bertz CT molecular complexity index is 721. The fraction of sp³-hybridized carbons (Fsp3) is 0.467. The van der Waals surface area contributed by atoms with Gasteiger partial charge in [-0.2, -0.15) is 4.98 Å². The van der Waals surface area contributed by atoms with Gasteiger partial charge in [0.2, 0.25) is 5.89 Å². The second-order valence-electron chi connectivity index (χ2n) is 5.40. The van der Waals surface area contributed by atoms with Gasteiger partial charge in [-0.3, -0.25) is 9.59 Å². The second kappa shape index (κ2) is 6.13. The Morgan fingerprint density at radius 1 is 1.55 bits per heavy atom. The minimum absolute atomic E-state index is 0.0598. The maximum atomic E-state index is 12.5. The average molecular weight is 302 g/mol. The summed E-state index contributed by atoms with van der Waals surface area (Å²) in [6.07, 6.45) is 3.99. The van der Waals surface area contributed by atoms with Crippen LogP contribution in [0.4, 0.5) is 0 Å². The molecule has 2 aromatic rings. The molecule has 1 atom stereocenters. The first kappa shape index (κ1) is 14.5. The number of carbonyl (C=O) groups is 1. The Hall–Kier alpha value is -2.44. The molecule has 0 spiro atoms. The Kier molecular flexibility index (Phi) is 4.04. The number of pyridine rings is 1. The van der Waals surface area contributed by atoms with Crippen LogP contribution in [-0.4, -0.2) is 39.0 Å². The number of aromatic amines is 1. The number of carbonyl (C=O) groups excluding carboxylic acids is 1. The molecular formula is C15H18N4O3. The van der Waals surface area contributed by atoms with Gasteiger partial charge in [0.1, 0.15) is 5.56 Å². The van der Waals surface area contributed by atoms with E-state index >= 15 is 0 Å². The summed E-state index contributed by atoms with van der Waals surface area (Å²) < 4.78 is 5.15. The summed E-state index contributed by atoms with van der Waals surface area (Å²) in [5.74, 6) is 1.07. The van der Waals surface area contributed by atoms with Crippen molar-refractivity contribution < 1.29 is 9.32 Å². The van der Waals surface area contributed by atoms with Crippen LogP contribution in [-0.2, 0) is 6.42 Å². The highest BCUT2D eigenvalue weighted by Crippen LogP contribution is 2.25. The first-order valence-corrected chi connectivity index (χ1v) is 7.48. The minimum Gasteiger partial charge on any atom is -0.339 e. The molecule has 0 radical (unpaired) electrons. The third-order valence-corrected chi connectivity index (χ3v) is 3.91. The van der Waals surface area contributed by atoms with Crippen LogP contribution in [0.5, 0.6) is 0 Å². The molecule has 0 saturated carbocycles. The van der Waals surface area contributed by atoms with E-state index in [0.29, 0.717) is 31.2 Å². The molecule has 22 heavy (non-hydrogen) atoms. The highest BCUT2D eigenvalue weighted by atomic mass is 16.5. The lowest BCUT2D eigenvalue weighted by Crippen LogP contribution is -2.41. The molecule has 7 nitrogen and oxygen atoms in total. The summed E-state index contributed by atoms with van der Waals surface area (Å²) in [6, 6.07) is 3.21. The van der Waals surface area contributed by atoms with E-state index in [9.17, 15) is 9.59 Å². The number of hydrogen-bond donors (Lipinski definition) is 1. The number of aromatic nitrogens is 3. The molecule has 1 fully saturated rings. The minimum atomic E-state index is -0.359. The van der Waals surface area contributed by atoms with Crippen LogP contribution < -0.4 is 5.56 Å². The van der Waals surface area contributed by atoms with Crippen LogP contribution in [0.1, 0.15) is 47.8 Å². The van der Waals surface area contributed by atoms with Crippen molar-refractivity contribution in [2.45, 2.75) is 32.1 Å². The lowest BCUT2D eigenvalue weighted by Gasteiger charge is -2.31. The van der Waals surface area contributed by atoms with Crippen molar-refractivity contribution in [2.24, 2.45) is 0 Å². The molecule has 3 heterocycles. The van der Waals surface area contributed by atoms with Crippen molar-refractivity contribution in [1.29, 1.82) is 0 Å². The molecule has 0 aliphatic carbocycles. The van der Waals surface area contributed by atoms with Crippen LogP contribution in [0, 0.1) is 0 Å². The normalized spacial score (nSPS) is 18.4. The van der Waals surface area contributed by atoms with Crippen molar-refractivity contribution in [2.75, 3.05) is 13.1 Å². The maximum Gasteiger partial charge on any atom is 0.260 e. The summed E-state index contributed by atoms with van der Waals surface area (Å²) in [7, 11) is 0. The van der Waals surface area contributed by atoms with Crippen LogP contribution >= 0.6 is 0 Å². The fourth-order valence-corrected chi connectivity index (χ4v) is 2.71. The molecule has 0 aromatic carbocycles. The number of nitrogens with one attached hydrogen (secondary N) is 1. The molecule has 116 valence electrons. The first-order chi connectivity index (χ1) is 10.7. The van der Waals surface area contributed by atoms with E-state index in [1.54, 1.807) is 17.0 Å². The Morgan fingerprint density at radius 3 is 3.14 bits per heavy atom. The monoisotopic (exact) mass is 302 g/mol. The molecule has 1 N–H and O–H groups in total. The topological polar surface area (TPSA) is 92.1 Å². The largest absolute Gasteiger partial charge is 0.339 e. The lowest BCUT2D eigenvalue weighted by atomic mass is 9.97. The quantitative estimate of drug-likeness (QED) is 0.923. The molecule has 1 aliphatic rings. The van der Waals surface area contributed by atoms with Crippen LogP contribution in [0.15, 0.2) is 27.6 Å². The Labute approximate surface area is 127 Å². The van der Waals surface area contributed by atoms with Gasteiger partial charge in [0.15, 0.2) is 5.82 Å². The van der Waals surface area contributed by atoms with E-state index in [1.807, 2.05) is 6.92 Å². The summed E-state index contributed by atoms with van der Waals surface area (Å²) in [5.41, 5.74) is -0.187. The van der Waals surface area contributed by atoms with E-state index in [4.69, 9.17) is 4.52 Å². The van der Waals surface area contributed by atoms with Gasteiger partial charge in [-0.25, -0.2) is 0 Å². The highest BCUT2D eigenvalue weighted by Gasteiger charge is 2.29. The van der Waals surface area contributed by atoms with Gasteiger partial charge < -0.3 is 14.4 Å². The van der Waals surface area contributed by atoms with Crippen LogP contribution in [0.3, 0.4) is 0 Å². The number of likely N-dealkylation sites (tertiary alicyclic amines) is 1. The number of H-pyrrole nitrogens is 1. The Morgan fingerprint density at radius 2 is 2.41 bits per heavy atom. The Balaban J connectivity index is 1.77. The molecule has 1 amide bonds. The van der Waals surface area contributed by atoms with Gasteiger partial charge in [0, 0.05) is 31.6 Å². The SMILES string of the molecule is CCc1nc([C@H]2CCCN(C(=O)c3ccc[nH]c3=O)C2)no1. The molecule has 0 unspecified atom stereocenters. The zero-order valence-electron chi connectivity index (χ0n) is 12.4. The highest BCUT2D eigenvalue weighted by molar-refractivity contribution is 5.93. The number of amides is 1. The van der Waals surface area contributed by atoms with Gasteiger partial charge in [-0.05, 0) is 25.0 Å². The zero-order valence-corrected chi connectivity index (χ0v) is 12.4. The van der Waals surface area contributed by atoms with Crippen molar-refractivity contribution in [1.82, 2.24) is 20.0 Å². The number of rotatable bonds is 3. The van der Waals surface area contributed by atoms with Crippen molar-refractivity contribution >= 4 is 5.91 Å².